The summed E-state index contributed by atoms with van der Waals surface area (Å²) in [5.41, 5.74) is 3.59. The predicted molar refractivity (Wildman–Crippen MR) is 168 cm³/mol. The summed E-state index contributed by atoms with van der Waals surface area (Å²) < 4.78 is 8.36. The number of imidazole rings is 1. The summed E-state index contributed by atoms with van der Waals surface area (Å²) in [5.74, 6) is 0.226. The van der Waals surface area contributed by atoms with Crippen molar-refractivity contribution in [2.24, 2.45) is 0 Å². The molecule has 0 aliphatic carbocycles. The summed E-state index contributed by atoms with van der Waals surface area (Å²) in [4.78, 5) is 0. The number of aromatic hydroxyl groups is 1. The van der Waals surface area contributed by atoms with Gasteiger partial charge in [0.15, 0.2) is 0 Å². The van der Waals surface area contributed by atoms with Gasteiger partial charge in [-0.3, -0.25) is 4.57 Å². The van der Waals surface area contributed by atoms with E-state index in [0.717, 1.165) is 16.7 Å². The fraction of sp³-hybridized carbons (Fsp3) is 0. The van der Waals surface area contributed by atoms with Gasteiger partial charge < -0.3 is 9.67 Å². The molecule has 0 unspecified atom stereocenters. The van der Waals surface area contributed by atoms with Gasteiger partial charge in [-0.1, -0.05) is 36.4 Å². The van der Waals surface area contributed by atoms with E-state index in [4.69, 9.17) is 0 Å². The first-order chi connectivity index (χ1) is 20.3. The summed E-state index contributed by atoms with van der Waals surface area (Å²) in [6.45, 7) is 0. The fourth-order valence-electron chi connectivity index (χ4n) is 4.77. The van der Waals surface area contributed by atoms with Gasteiger partial charge in [0.25, 0.3) is 6.33 Å². The molecular weight excluding hydrogens is 805 g/mol. The topological polar surface area (TPSA) is 29.0 Å². The number of phenols is 1. The molecule has 0 saturated carbocycles. The van der Waals surface area contributed by atoms with Crippen LogP contribution in [0.1, 0.15) is 0 Å². The van der Waals surface area contributed by atoms with E-state index < -0.39 is 20.2 Å². The van der Waals surface area contributed by atoms with Crippen LogP contribution in [0.5, 0.6) is 5.75 Å². The van der Waals surface area contributed by atoms with Crippen molar-refractivity contribution in [1.29, 1.82) is 0 Å². The normalized spacial score (nSPS) is 10.5. The van der Waals surface area contributed by atoms with Crippen LogP contribution < -0.4 is 15.1 Å². The van der Waals surface area contributed by atoms with E-state index in [1.807, 2.05) is 75.9 Å². The zero-order valence-electron chi connectivity index (χ0n) is 22.7. The second kappa shape index (κ2) is 14.3. The Morgan fingerprint density at radius 3 is 1.60 bits per heavy atom. The zero-order valence-corrected chi connectivity index (χ0v) is 27.5. The predicted octanol–water partition coefficient (Wildman–Crippen LogP) is 5.41. The van der Waals surface area contributed by atoms with Crippen LogP contribution in [-0.2, 0) is 21.1 Å². The van der Waals surface area contributed by atoms with Crippen molar-refractivity contribution >= 4 is 41.8 Å². The summed E-state index contributed by atoms with van der Waals surface area (Å²) in [5, 5.41) is 10.1. The number of para-hydroxylation sites is 5. The summed E-state index contributed by atoms with van der Waals surface area (Å²) in [7, 11) is 0. The van der Waals surface area contributed by atoms with Gasteiger partial charge in [0.2, 0.25) is 0 Å². The van der Waals surface area contributed by atoms with Crippen molar-refractivity contribution in [2.75, 3.05) is 0 Å². The summed E-state index contributed by atoms with van der Waals surface area (Å²) in [6, 6.07) is 59.1. The van der Waals surface area contributed by atoms with Crippen LogP contribution >= 0.6 is 0 Å². The van der Waals surface area contributed by atoms with Crippen molar-refractivity contribution < 1.29 is 30.7 Å². The standard InChI is InChI=1S/C19H13N2O.3C6H5.Pt.Sb/c22-19-13-7-6-12-18(19)21-14-20(15-8-2-1-3-9-15)16-10-4-5-11-17(16)21;3*1-2-4-6-5-3-1;;/h1-8,10-13,22H;3*1-5H;;/q-1;;;;+2;. The maximum atomic E-state index is 10.1. The minimum atomic E-state index is -1.83. The molecule has 0 fully saturated rings. The monoisotopic (exact) mass is 832 g/mol. The van der Waals surface area contributed by atoms with E-state index in [-0.39, 0.29) is 26.8 Å². The number of fused-ring (bicyclic) bond motifs is 1. The first-order valence-corrected chi connectivity index (χ1v) is 17.3. The van der Waals surface area contributed by atoms with Crippen LogP contribution in [0.25, 0.3) is 22.4 Å². The van der Waals surface area contributed by atoms with Crippen LogP contribution in [0.3, 0.4) is 0 Å². The number of hydrogen-bond donors (Lipinski definition) is 1. The Morgan fingerprint density at radius 2 is 1.05 bits per heavy atom. The van der Waals surface area contributed by atoms with Gasteiger partial charge >= 0.3 is 143 Å². The molecule has 0 atom stereocenters. The number of nitrogens with zero attached hydrogens (tertiary/aromatic N) is 2. The summed E-state index contributed by atoms with van der Waals surface area (Å²) >= 11 is -1.83. The third-order valence-corrected chi connectivity index (χ3v) is 13.6. The third-order valence-electron chi connectivity index (χ3n) is 6.66. The molecule has 0 radical (unpaired) electrons. The Kier molecular flexibility index (Phi) is 10.1. The average Bonchev–Trinajstić information content (AvgIpc) is 3.43. The number of phenolic OH excluding ortho intramolecular Hbond substituents is 1. The molecule has 42 heavy (non-hydrogen) atoms. The third kappa shape index (κ3) is 6.60. The van der Waals surface area contributed by atoms with Crippen LogP contribution in [0.4, 0.5) is 0 Å². The van der Waals surface area contributed by atoms with E-state index >= 15 is 0 Å². The van der Waals surface area contributed by atoms with Gasteiger partial charge in [-0.05, 0) is 17.8 Å². The van der Waals surface area contributed by atoms with E-state index in [9.17, 15) is 5.11 Å². The van der Waals surface area contributed by atoms with Crippen LogP contribution in [0.2, 0.25) is 0 Å². The quantitative estimate of drug-likeness (QED) is 0.141. The van der Waals surface area contributed by atoms with E-state index in [2.05, 4.69) is 103 Å². The Morgan fingerprint density at radius 1 is 0.548 bits per heavy atom. The van der Waals surface area contributed by atoms with Crippen molar-refractivity contribution in [3.63, 3.8) is 0 Å². The van der Waals surface area contributed by atoms with Crippen molar-refractivity contribution in [1.82, 2.24) is 4.57 Å². The molecule has 3 nitrogen and oxygen atoms in total. The molecular formula is C37H28N2OPtSb+. The number of benzene rings is 6. The number of hydrogen-bond acceptors (Lipinski definition) is 1. The molecule has 206 valence electrons. The van der Waals surface area contributed by atoms with E-state index in [1.54, 1.807) is 6.07 Å². The van der Waals surface area contributed by atoms with Gasteiger partial charge in [-0.15, -0.1) is 0 Å². The fourth-order valence-corrected chi connectivity index (χ4v) is 11.4. The van der Waals surface area contributed by atoms with Crippen LogP contribution in [0, 0.1) is 12.4 Å². The molecule has 0 saturated heterocycles. The second-order valence-corrected chi connectivity index (χ2v) is 15.7. The second-order valence-electron chi connectivity index (χ2n) is 9.34. The van der Waals surface area contributed by atoms with Gasteiger partial charge in [0.05, 0.1) is 11.0 Å². The molecule has 0 aliphatic heterocycles. The Balaban J connectivity index is 0.000000166. The van der Waals surface area contributed by atoms with Crippen molar-refractivity contribution in [3.05, 3.63) is 176 Å². The Bertz CT molecular complexity index is 1750. The molecule has 7 rings (SSSR count). The van der Waals surface area contributed by atoms with Gasteiger partial charge in [-0.25, -0.2) is 0 Å². The Hall–Kier alpha value is -3.90. The molecule has 1 aromatic heterocycles. The molecule has 0 spiro atoms. The molecule has 0 bridgehead atoms. The molecule has 0 amide bonds. The van der Waals surface area contributed by atoms with Gasteiger partial charge in [-0.2, -0.15) is 30.3 Å². The molecule has 7 aromatic rings. The minimum absolute atomic E-state index is 0. The summed E-state index contributed by atoms with van der Waals surface area (Å²) in [6.07, 6.45) is 3.31. The zero-order chi connectivity index (χ0) is 27.9. The molecule has 5 heteroatoms. The molecule has 1 N–H and O–H groups in total. The number of aromatic nitrogens is 2. The molecule has 1 heterocycles. The van der Waals surface area contributed by atoms with Gasteiger partial charge in [0.1, 0.15) is 11.4 Å². The first-order valence-electron chi connectivity index (χ1n) is 13.5. The van der Waals surface area contributed by atoms with Gasteiger partial charge in [0, 0.05) is 0 Å². The van der Waals surface area contributed by atoms with E-state index in [0.29, 0.717) is 5.69 Å². The number of rotatable bonds is 5. The van der Waals surface area contributed by atoms with Crippen LogP contribution in [0.15, 0.2) is 164 Å². The maximum absolute atomic E-state index is 10.1. The average molecular weight is 833 g/mol. The Labute approximate surface area is 268 Å². The molecule has 0 aliphatic rings. The molecule has 6 aromatic carbocycles. The van der Waals surface area contributed by atoms with Crippen molar-refractivity contribution in [3.8, 4) is 17.1 Å². The first kappa shape index (κ1) is 29.6. The van der Waals surface area contributed by atoms with Crippen LogP contribution in [-0.4, -0.2) is 29.9 Å². The van der Waals surface area contributed by atoms with Crippen molar-refractivity contribution in [2.45, 2.75) is 0 Å². The van der Waals surface area contributed by atoms with E-state index in [1.165, 1.54) is 10.5 Å². The SMILES string of the molecule is Oc1ccccc1-[n+]1[c-]n(-c2[c-]cccc2)c2ccccc21.[Pt+2].c1cc[c]([Sb]([c]2ccccc2)[c]2ccccc2)cc1.